The number of fused-ring (bicyclic) bond motifs is 1. The Bertz CT molecular complexity index is 1060. The van der Waals surface area contributed by atoms with Crippen molar-refractivity contribution in [2.45, 2.75) is 45.3 Å². The first kappa shape index (κ1) is 21.0. The Labute approximate surface area is 167 Å². The predicted molar refractivity (Wildman–Crippen MR) is 95.9 cm³/mol. The second-order valence-electron chi connectivity index (χ2n) is 6.43. The van der Waals surface area contributed by atoms with Crippen molar-refractivity contribution in [2.24, 2.45) is 0 Å². The molecule has 2 aromatic heterocycles. The van der Waals surface area contributed by atoms with Crippen LogP contribution in [-0.4, -0.2) is 67.5 Å². The van der Waals surface area contributed by atoms with Crippen molar-refractivity contribution in [3.63, 3.8) is 0 Å². The molecule has 0 radical (unpaired) electrons. The smallest absolute Gasteiger partial charge is 0.348 e. The van der Waals surface area contributed by atoms with Gasteiger partial charge in [-0.1, -0.05) is 0 Å². The van der Waals surface area contributed by atoms with E-state index in [9.17, 15) is 24.3 Å². The number of carbonyl (C=O) groups is 3. The highest BCUT2D eigenvalue weighted by molar-refractivity contribution is 5.82. The van der Waals surface area contributed by atoms with Gasteiger partial charge in [-0.3, -0.25) is 19.4 Å². The lowest BCUT2D eigenvalue weighted by molar-refractivity contribution is -0.166. The lowest BCUT2D eigenvalue weighted by atomic mass is 10.1. The maximum Gasteiger partial charge on any atom is 0.348 e. The number of nitrogens with zero attached hydrogens (tertiary/aromatic N) is 3. The number of carbonyl (C=O) groups excluding carboxylic acids is 3. The molecule has 14 heteroatoms. The van der Waals surface area contributed by atoms with Crippen LogP contribution in [0.15, 0.2) is 4.79 Å². The lowest BCUT2D eigenvalue weighted by Gasteiger charge is -2.23. The van der Waals surface area contributed by atoms with Gasteiger partial charge in [0.2, 0.25) is 0 Å². The fraction of sp³-hybridized carbons (Fsp3) is 0.500. The number of esters is 3. The van der Waals surface area contributed by atoms with E-state index in [1.165, 1.54) is 6.92 Å². The number of nitrogen functional groups attached to an aromatic ring is 1. The number of hydrogen-bond donors (Lipinski definition) is 3. The summed E-state index contributed by atoms with van der Waals surface area (Å²) in [5.74, 6) is -2.24. The molecule has 0 unspecified atom stereocenters. The highest BCUT2D eigenvalue weighted by Gasteiger charge is 2.51. The predicted octanol–water partition coefficient (Wildman–Crippen LogP) is -1.27. The normalized spacial score (nSPS) is 23.3. The van der Waals surface area contributed by atoms with Crippen LogP contribution >= 0.6 is 0 Å². The van der Waals surface area contributed by atoms with Gasteiger partial charge in [0.25, 0.3) is 6.01 Å². The Morgan fingerprint density at radius 3 is 2.37 bits per heavy atom. The molecule has 4 atom stereocenters. The van der Waals surface area contributed by atoms with E-state index in [0.29, 0.717) is 0 Å². The molecule has 3 heterocycles. The number of rotatable bonds is 5. The van der Waals surface area contributed by atoms with Crippen molar-refractivity contribution < 1.29 is 38.4 Å². The van der Waals surface area contributed by atoms with Crippen LogP contribution in [0.3, 0.4) is 0 Å². The number of H-pyrrole nitrogens is 1. The molecule has 2 aromatic rings. The second kappa shape index (κ2) is 7.98. The Morgan fingerprint density at radius 1 is 1.13 bits per heavy atom. The molecule has 1 aliphatic rings. The van der Waals surface area contributed by atoms with E-state index in [1.807, 2.05) is 0 Å². The van der Waals surface area contributed by atoms with E-state index in [-0.39, 0.29) is 23.6 Å². The van der Waals surface area contributed by atoms with Gasteiger partial charge >= 0.3 is 23.6 Å². The maximum absolute atomic E-state index is 11.8. The molecule has 0 saturated carbocycles. The Kier molecular flexibility index (Phi) is 5.60. The quantitative estimate of drug-likeness (QED) is 0.380. The molecule has 1 saturated heterocycles. The van der Waals surface area contributed by atoms with Crippen molar-refractivity contribution >= 4 is 34.9 Å². The van der Waals surface area contributed by atoms with Crippen LogP contribution in [-0.2, 0) is 33.3 Å². The third kappa shape index (κ3) is 4.03. The Hall–Kier alpha value is -3.68. The summed E-state index contributed by atoms with van der Waals surface area (Å²) in [6.45, 7) is 3.08. The molecule has 0 bridgehead atoms. The largest absolute Gasteiger partial charge is 0.480 e. The van der Waals surface area contributed by atoms with Gasteiger partial charge in [-0.15, -0.1) is 0 Å². The molecule has 0 amide bonds. The number of aromatic nitrogens is 4. The summed E-state index contributed by atoms with van der Waals surface area (Å²) in [5.41, 5.74) is 4.70. The zero-order valence-electron chi connectivity index (χ0n) is 16.1. The van der Waals surface area contributed by atoms with E-state index in [0.717, 1.165) is 18.4 Å². The molecule has 1 aliphatic heterocycles. The molecule has 3 rings (SSSR count). The topological polar surface area (TPSA) is 198 Å². The summed E-state index contributed by atoms with van der Waals surface area (Å²) in [4.78, 5) is 56.1. The minimum absolute atomic E-state index is 0.0373. The van der Waals surface area contributed by atoms with E-state index < -0.39 is 54.1 Å². The van der Waals surface area contributed by atoms with Crippen LogP contribution in [0.25, 0.3) is 11.2 Å². The summed E-state index contributed by atoms with van der Waals surface area (Å²) in [7, 11) is 0. The van der Waals surface area contributed by atoms with E-state index in [1.54, 1.807) is 0 Å². The van der Waals surface area contributed by atoms with Crippen LogP contribution in [0.4, 0.5) is 5.82 Å². The third-order valence-electron chi connectivity index (χ3n) is 4.17. The standard InChI is InChI=1S/C16H19N5O9/c1-5(22)27-4-8-10(28-6(2)23)11(29-7(3)24)14(30-8)21-13-9(18-16(21)26)12(17)19-15(25)20-13/h8,10-11,14H,4H2,1-3H3,(H,18,26)(H3,17,19,20,25)/t8-,10-,11-,14-/m1/s1. The van der Waals surface area contributed by atoms with E-state index >= 15 is 0 Å². The Balaban J connectivity index is 2.11. The van der Waals surface area contributed by atoms with Gasteiger partial charge in [0.05, 0.1) is 0 Å². The van der Waals surface area contributed by atoms with Gasteiger partial charge in [-0.25, -0.2) is 9.36 Å². The van der Waals surface area contributed by atoms with E-state index in [2.05, 4.69) is 15.0 Å². The zero-order chi connectivity index (χ0) is 22.2. The zero-order valence-corrected chi connectivity index (χ0v) is 16.1. The first-order chi connectivity index (χ1) is 14.1. The van der Waals surface area contributed by atoms with Crippen molar-refractivity contribution in [3.05, 3.63) is 10.5 Å². The van der Waals surface area contributed by atoms with Crippen LogP contribution in [0.2, 0.25) is 0 Å². The van der Waals surface area contributed by atoms with Crippen molar-refractivity contribution in [1.29, 1.82) is 0 Å². The number of ether oxygens (including phenoxy) is 4. The van der Waals surface area contributed by atoms with Gasteiger partial charge in [0.15, 0.2) is 29.6 Å². The average Bonchev–Trinajstić information content (AvgIpc) is 3.10. The van der Waals surface area contributed by atoms with Crippen LogP contribution in [0.1, 0.15) is 27.0 Å². The maximum atomic E-state index is 11.8. The summed E-state index contributed by atoms with van der Waals surface area (Å²) in [6.07, 6.45) is -4.90. The first-order valence-corrected chi connectivity index (χ1v) is 8.68. The molecule has 4 N–H and O–H groups in total. The van der Waals surface area contributed by atoms with Crippen LogP contribution in [0.5, 0.6) is 6.01 Å². The summed E-state index contributed by atoms with van der Waals surface area (Å²) < 4.78 is 22.2. The minimum atomic E-state index is -1.34. The Morgan fingerprint density at radius 2 is 1.77 bits per heavy atom. The number of imidazole rings is 1. The number of nitrogens with two attached hydrogens (primary N) is 1. The highest BCUT2D eigenvalue weighted by Crippen LogP contribution is 2.38. The first-order valence-electron chi connectivity index (χ1n) is 8.68. The van der Waals surface area contributed by atoms with Gasteiger partial charge in [0, 0.05) is 20.8 Å². The molecule has 0 aliphatic carbocycles. The lowest BCUT2D eigenvalue weighted by Crippen LogP contribution is -2.40. The fourth-order valence-corrected chi connectivity index (χ4v) is 3.13. The number of hydrogen-bond acceptors (Lipinski definition) is 12. The number of nitrogens with one attached hydrogen (secondary N) is 1. The van der Waals surface area contributed by atoms with Gasteiger partial charge in [-0.05, 0) is 0 Å². The molecule has 1 fully saturated rings. The summed E-state index contributed by atoms with van der Waals surface area (Å²) in [6, 6.07) is -0.653. The van der Waals surface area contributed by atoms with Gasteiger partial charge in [-0.2, -0.15) is 9.97 Å². The molecule has 30 heavy (non-hydrogen) atoms. The van der Waals surface area contributed by atoms with E-state index in [4.69, 9.17) is 24.7 Å². The second-order valence-corrected chi connectivity index (χ2v) is 6.43. The molecule has 162 valence electrons. The van der Waals surface area contributed by atoms with Crippen molar-refractivity contribution in [3.8, 4) is 6.01 Å². The van der Waals surface area contributed by atoms with Gasteiger partial charge in [0.1, 0.15) is 18.5 Å². The van der Waals surface area contributed by atoms with Crippen molar-refractivity contribution in [2.75, 3.05) is 12.3 Å². The molecular formula is C16H19N5O9. The number of aromatic amines is 1. The average molecular weight is 425 g/mol. The number of aromatic hydroxyl groups is 1. The molecular weight excluding hydrogens is 406 g/mol. The molecule has 14 nitrogen and oxygen atoms in total. The SMILES string of the molecule is CC(=O)OC[C@H]1O[C@@H](n2c(O)nc3c(N)[nH]c(=O)nc32)[C@H](OC(C)=O)[C@@H]1OC(C)=O. The summed E-state index contributed by atoms with van der Waals surface area (Å²) in [5, 5.41) is 10.4. The minimum Gasteiger partial charge on any atom is -0.480 e. The molecule has 0 spiro atoms. The summed E-state index contributed by atoms with van der Waals surface area (Å²) >= 11 is 0. The van der Waals surface area contributed by atoms with Crippen LogP contribution < -0.4 is 11.4 Å². The monoisotopic (exact) mass is 425 g/mol. The van der Waals surface area contributed by atoms with Crippen LogP contribution in [0, 0.1) is 0 Å². The van der Waals surface area contributed by atoms with Gasteiger partial charge < -0.3 is 29.8 Å². The number of anilines is 1. The third-order valence-corrected chi connectivity index (χ3v) is 4.17. The van der Waals surface area contributed by atoms with Crippen molar-refractivity contribution in [1.82, 2.24) is 19.5 Å². The fourth-order valence-electron chi connectivity index (χ4n) is 3.13. The molecule has 0 aromatic carbocycles. The highest BCUT2D eigenvalue weighted by atomic mass is 16.7.